The van der Waals surface area contributed by atoms with Gasteiger partial charge in [-0.2, -0.15) is 0 Å². The predicted octanol–water partition coefficient (Wildman–Crippen LogP) is 3.19. The van der Waals surface area contributed by atoms with Crippen LogP contribution in [0.15, 0.2) is 36.0 Å². The van der Waals surface area contributed by atoms with Gasteiger partial charge >= 0.3 is 0 Å². The summed E-state index contributed by atoms with van der Waals surface area (Å²) in [6.07, 6.45) is 2.93. The summed E-state index contributed by atoms with van der Waals surface area (Å²) in [5.41, 5.74) is 1.91. The molecule has 122 valence electrons. The number of nitrogens with zero attached hydrogens (tertiary/aromatic N) is 2. The number of amides is 1. The van der Waals surface area contributed by atoms with E-state index >= 15 is 0 Å². The van der Waals surface area contributed by atoms with Crippen molar-refractivity contribution in [2.24, 2.45) is 0 Å². The lowest BCUT2D eigenvalue weighted by Gasteiger charge is -2.13. The fourth-order valence-electron chi connectivity index (χ4n) is 2.90. The molecule has 0 spiro atoms. The van der Waals surface area contributed by atoms with E-state index in [1.165, 1.54) is 29.8 Å². The first-order chi connectivity index (χ1) is 11.7. The van der Waals surface area contributed by atoms with Gasteiger partial charge in [0, 0.05) is 30.0 Å². The number of nitrogens with one attached hydrogen (secondary N) is 2. The number of rotatable bonds is 4. The third-order valence-electron chi connectivity index (χ3n) is 4.13. The summed E-state index contributed by atoms with van der Waals surface area (Å²) in [5, 5.41) is 9.20. The average molecular weight is 342 g/mol. The first-order valence-corrected chi connectivity index (χ1v) is 8.60. The SMILES string of the molecule is O=C1CC[C@@H](CNc2ncnc3scc(-c4ccc(F)cc4)c23)N1. The van der Waals surface area contributed by atoms with Gasteiger partial charge in [-0.05, 0) is 24.1 Å². The van der Waals surface area contributed by atoms with Crippen molar-refractivity contribution in [1.82, 2.24) is 15.3 Å². The Labute approximate surface area is 141 Å². The number of hydrogen-bond donors (Lipinski definition) is 2. The minimum Gasteiger partial charge on any atom is -0.367 e. The van der Waals surface area contributed by atoms with Crippen LogP contribution in [0.1, 0.15) is 12.8 Å². The lowest BCUT2D eigenvalue weighted by molar-refractivity contribution is -0.119. The van der Waals surface area contributed by atoms with Gasteiger partial charge in [0.25, 0.3) is 0 Å². The average Bonchev–Trinajstić information content (AvgIpc) is 3.20. The van der Waals surface area contributed by atoms with Gasteiger partial charge in [0.1, 0.15) is 22.8 Å². The molecule has 0 aliphatic carbocycles. The minimum atomic E-state index is -0.259. The Morgan fingerprint density at radius 3 is 2.88 bits per heavy atom. The van der Waals surface area contributed by atoms with Gasteiger partial charge in [-0.25, -0.2) is 14.4 Å². The number of thiophene rings is 1. The summed E-state index contributed by atoms with van der Waals surface area (Å²) in [7, 11) is 0. The van der Waals surface area contributed by atoms with Crippen LogP contribution in [0.5, 0.6) is 0 Å². The zero-order valence-electron chi connectivity index (χ0n) is 12.8. The first-order valence-electron chi connectivity index (χ1n) is 7.72. The highest BCUT2D eigenvalue weighted by Gasteiger charge is 2.21. The maximum Gasteiger partial charge on any atom is 0.220 e. The van der Waals surface area contributed by atoms with E-state index in [0.29, 0.717) is 13.0 Å². The van der Waals surface area contributed by atoms with Crippen LogP contribution in [0, 0.1) is 5.82 Å². The molecule has 1 saturated heterocycles. The van der Waals surface area contributed by atoms with Crippen molar-refractivity contribution in [3.05, 3.63) is 41.8 Å². The highest BCUT2D eigenvalue weighted by atomic mass is 32.1. The van der Waals surface area contributed by atoms with Crippen LogP contribution in [0.2, 0.25) is 0 Å². The molecule has 1 fully saturated rings. The fourth-order valence-corrected chi connectivity index (χ4v) is 3.82. The lowest BCUT2D eigenvalue weighted by Crippen LogP contribution is -2.32. The highest BCUT2D eigenvalue weighted by molar-refractivity contribution is 7.17. The molecule has 2 N–H and O–H groups in total. The number of aromatic nitrogens is 2. The molecule has 1 aliphatic heterocycles. The van der Waals surface area contributed by atoms with Crippen molar-refractivity contribution in [3.63, 3.8) is 0 Å². The molecular formula is C17H15FN4OS. The second-order valence-corrected chi connectivity index (χ2v) is 6.60. The fraction of sp³-hybridized carbons (Fsp3) is 0.235. The Bertz CT molecular complexity index is 893. The Morgan fingerprint density at radius 1 is 1.29 bits per heavy atom. The van der Waals surface area contributed by atoms with E-state index in [1.54, 1.807) is 12.1 Å². The smallest absolute Gasteiger partial charge is 0.220 e. The monoisotopic (exact) mass is 342 g/mol. The van der Waals surface area contributed by atoms with Gasteiger partial charge in [-0.15, -0.1) is 11.3 Å². The molecule has 0 saturated carbocycles. The van der Waals surface area contributed by atoms with Gasteiger partial charge in [0.2, 0.25) is 5.91 Å². The van der Waals surface area contributed by atoms with Crippen molar-refractivity contribution >= 4 is 33.3 Å². The van der Waals surface area contributed by atoms with E-state index < -0.39 is 0 Å². The molecular weight excluding hydrogens is 327 g/mol. The molecule has 1 amide bonds. The van der Waals surface area contributed by atoms with E-state index in [4.69, 9.17) is 0 Å². The summed E-state index contributed by atoms with van der Waals surface area (Å²) in [4.78, 5) is 20.9. The van der Waals surface area contributed by atoms with E-state index in [1.807, 2.05) is 5.38 Å². The quantitative estimate of drug-likeness (QED) is 0.764. The molecule has 24 heavy (non-hydrogen) atoms. The minimum absolute atomic E-state index is 0.0946. The third-order valence-corrected chi connectivity index (χ3v) is 5.01. The topological polar surface area (TPSA) is 66.9 Å². The summed E-state index contributed by atoms with van der Waals surface area (Å²) in [6.45, 7) is 0.622. The maximum absolute atomic E-state index is 13.2. The van der Waals surface area contributed by atoms with Crippen molar-refractivity contribution in [2.45, 2.75) is 18.9 Å². The summed E-state index contributed by atoms with van der Waals surface area (Å²) >= 11 is 1.53. The summed E-state index contributed by atoms with van der Waals surface area (Å²) in [6, 6.07) is 6.53. The number of carbonyl (C=O) groups excluding carboxylic acids is 1. The Kier molecular flexibility index (Phi) is 3.86. The van der Waals surface area contributed by atoms with Crippen LogP contribution in [0.4, 0.5) is 10.2 Å². The molecule has 3 aromatic rings. The molecule has 3 heterocycles. The highest BCUT2D eigenvalue weighted by Crippen LogP contribution is 2.36. The van der Waals surface area contributed by atoms with Gasteiger partial charge in [0.05, 0.1) is 5.39 Å². The zero-order chi connectivity index (χ0) is 16.5. The van der Waals surface area contributed by atoms with E-state index in [0.717, 1.165) is 33.6 Å². The van der Waals surface area contributed by atoms with Crippen LogP contribution >= 0.6 is 11.3 Å². The van der Waals surface area contributed by atoms with Crippen molar-refractivity contribution < 1.29 is 9.18 Å². The van der Waals surface area contributed by atoms with E-state index in [-0.39, 0.29) is 17.8 Å². The number of hydrogen-bond acceptors (Lipinski definition) is 5. The van der Waals surface area contributed by atoms with Gasteiger partial charge in [0.15, 0.2) is 0 Å². The van der Waals surface area contributed by atoms with Crippen molar-refractivity contribution in [2.75, 3.05) is 11.9 Å². The second-order valence-electron chi connectivity index (χ2n) is 5.74. The zero-order valence-corrected chi connectivity index (χ0v) is 13.6. The molecule has 0 radical (unpaired) electrons. The standard InChI is InChI=1S/C17H15FN4OS/c18-11-3-1-10(2-4-11)13-8-24-17-15(13)16(20-9-21-17)19-7-12-5-6-14(23)22-12/h1-4,8-9,12H,5-7H2,(H,22,23)(H,19,20,21)/t12-/m0/s1. The molecule has 2 aromatic heterocycles. The predicted molar refractivity (Wildman–Crippen MR) is 92.5 cm³/mol. The number of anilines is 1. The van der Waals surface area contributed by atoms with Gasteiger partial charge in [-0.3, -0.25) is 4.79 Å². The number of benzene rings is 1. The van der Waals surface area contributed by atoms with Crippen molar-refractivity contribution in [1.29, 1.82) is 0 Å². The van der Waals surface area contributed by atoms with Gasteiger partial charge < -0.3 is 10.6 Å². The van der Waals surface area contributed by atoms with Crippen LogP contribution < -0.4 is 10.6 Å². The molecule has 0 bridgehead atoms. The van der Waals surface area contributed by atoms with Crippen LogP contribution in [0.3, 0.4) is 0 Å². The molecule has 0 unspecified atom stereocenters. The Hall–Kier alpha value is -2.54. The van der Waals surface area contributed by atoms with Gasteiger partial charge in [-0.1, -0.05) is 12.1 Å². The number of fused-ring (bicyclic) bond motifs is 1. The Morgan fingerprint density at radius 2 is 2.12 bits per heavy atom. The molecule has 1 aromatic carbocycles. The summed E-state index contributed by atoms with van der Waals surface area (Å²) < 4.78 is 13.2. The third kappa shape index (κ3) is 2.82. The molecule has 1 atom stereocenters. The maximum atomic E-state index is 13.2. The van der Waals surface area contributed by atoms with E-state index in [9.17, 15) is 9.18 Å². The lowest BCUT2D eigenvalue weighted by atomic mass is 10.1. The molecule has 4 rings (SSSR count). The van der Waals surface area contributed by atoms with Crippen LogP contribution in [-0.2, 0) is 4.79 Å². The van der Waals surface area contributed by atoms with Crippen LogP contribution in [-0.4, -0.2) is 28.5 Å². The second kappa shape index (κ2) is 6.16. The molecule has 5 nitrogen and oxygen atoms in total. The molecule has 1 aliphatic rings. The summed E-state index contributed by atoms with van der Waals surface area (Å²) in [5.74, 6) is 0.573. The van der Waals surface area contributed by atoms with Crippen molar-refractivity contribution in [3.8, 4) is 11.1 Å². The Balaban J connectivity index is 1.66. The van der Waals surface area contributed by atoms with E-state index in [2.05, 4.69) is 20.6 Å². The molecule has 7 heteroatoms. The number of halogens is 1. The normalized spacial score (nSPS) is 17.2. The number of carbonyl (C=O) groups is 1. The largest absolute Gasteiger partial charge is 0.367 e. The first kappa shape index (κ1) is 15.0. The van der Waals surface area contributed by atoms with Crippen LogP contribution in [0.25, 0.3) is 21.3 Å².